The van der Waals surface area contributed by atoms with Gasteiger partial charge in [-0.1, -0.05) is 42.5 Å². The maximum atomic E-state index is 12.7. The van der Waals surface area contributed by atoms with E-state index in [1.54, 1.807) is 18.5 Å². The van der Waals surface area contributed by atoms with Gasteiger partial charge in [-0.25, -0.2) is 0 Å². The van der Waals surface area contributed by atoms with Crippen LogP contribution >= 0.6 is 0 Å². The summed E-state index contributed by atoms with van der Waals surface area (Å²) in [6, 6.07) is 12.7. The second-order valence-corrected chi connectivity index (χ2v) is 10.0. The third-order valence-corrected chi connectivity index (χ3v) is 8.23. The van der Waals surface area contributed by atoms with Gasteiger partial charge in [0.05, 0.1) is 37.2 Å². The van der Waals surface area contributed by atoms with Crippen molar-refractivity contribution in [3.63, 3.8) is 0 Å². The predicted molar refractivity (Wildman–Crippen MR) is 129 cm³/mol. The van der Waals surface area contributed by atoms with Crippen LogP contribution in [0.4, 0.5) is 0 Å². The number of aliphatic hydroxyl groups excluding tert-OH is 1. The zero-order valence-electron chi connectivity index (χ0n) is 19.6. The number of pyridine rings is 1. The first-order valence-corrected chi connectivity index (χ1v) is 12.2. The molecule has 1 aromatic heterocycles. The molecule has 0 amide bonds. The molecule has 2 heterocycles. The van der Waals surface area contributed by atoms with Gasteiger partial charge in [-0.05, 0) is 30.9 Å². The molecular formula is C28H29N3O4. The molecule has 6 atom stereocenters. The Kier molecular flexibility index (Phi) is 5.22. The molecule has 0 saturated heterocycles. The van der Waals surface area contributed by atoms with Gasteiger partial charge in [-0.2, -0.15) is 5.26 Å². The first-order chi connectivity index (χ1) is 17.0. The highest BCUT2D eigenvalue weighted by Gasteiger charge is 2.77. The van der Waals surface area contributed by atoms with Crippen LogP contribution in [0.1, 0.15) is 36.3 Å². The molecule has 35 heavy (non-hydrogen) atoms. The van der Waals surface area contributed by atoms with E-state index in [-0.39, 0.29) is 17.8 Å². The van der Waals surface area contributed by atoms with Crippen molar-refractivity contribution in [1.82, 2.24) is 10.3 Å². The fourth-order valence-electron chi connectivity index (χ4n) is 6.56. The van der Waals surface area contributed by atoms with E-state index < -0.39 is 17.3 Å². The number of methoxy groups -OCH3 is 1. The van der Waals surface area contributed by atoms with Crippen LogP contribution in [0.2, 0.25) is 0 Å². The summed E-state index contributed by atoms with van der Waals surface area (Å²) < 4.78 is 12.4. The molecule has 7 nitrogen and oxygen atoms in total. The summed E-state index contributed by atoms with van der Waals surface area (Å²) in [5.41, 5.74) is -0.956. The molecule has 6 rings (SSSR count). The fourth-order valence-corrected chi connectivity index (χ4v) is 6.56. The van der Waals surface area contributed by atoms with Crippen molar-refractivity contribution in [1.29, 1.82) is 5.26 Å². The van der Waals surface area contributed by atoms with E-state index in [1.807, 2.05) is 42.5 Å². The van der Waals surface area contributed by atoms with E-state index in [2.05, 4.69) is 16.4 Å². The molecule has 3 N–H and O–H groups in total. The number of nitrogens with zero attached hydrogens (tertiary/aromatic N) is 2. The number of benzene rings is 1. The predicted octanol–water partition coefficient (Wildman–Crippen LogP) is 2.96. The Morgan fingerprint density at radius 1 is 1.26 bits per heavy atom. The summed E-state index contributed by atoms with van der Waals surface area (Å²) in [5.74, 6) is -0.138. The molecule has 2 fully saturated rings. The molecule has 4 aliphatic rings. The molecule has 2 saturated carbocycles. The average Bonchev–Trinajstić information content (AvgIpc) is 3.66. The first kappa shape index (κ1) is 22.3. The summed E-state index contributed by atoms with van der Waals surface area (Å²) in [4.78, 5) is 4.27. The van der Waals surface area contributed by atoms with Crippen LogP contribution in [-0.2, 0) is 5.60 Å². The van der Waals surface area contributed by atoms with Crippen LogP contribution in [0, 0.1) is 23.2 Å². The SMILES string of the molecule is COc1cncc2c1[C@]1(O)[C@H](O)[C@H](CNC3CC3)[C@@H](c3ccccc3)[C@]1(C1C=CC(C#N)=CC1)O2. The molecule has 1 aromatic carbocycles. The number of allylic oxidation sites excluding steroid dienone is 3. The summed E-state index contributed by atoms with van der Waals surface area (Å²) in [7, 11) is 1.53. The number of aliphatic hydroxyl groups is 2. The molecule has 3 aliphatic carbocycles. The lowest BCUT2D eigenvalue weighted by atomic mass is 9.65. The van der Waals surface area contributed by atoms with E-state index in [0.717, 1.165) is 18.4 Å². The number of aromatic nitrogens is 1. The molecule has 0 radical (unpaired) electrons. The van der Waals surface area contributed by atoms with Gasteiger partial charge < -0.3 is 25.0 Å². The Morgan fingerprint density at radius 3 is 2.71 bits per heavy atom. The van der Waals surface area contributed by atoms with Crippen molar-refractivity contribution < 1.29 is 19.7 Å². The van der Waals surface area contributed by atoms with E-state index >= 15 is 0 Å². The molecule has 2 aromatic rings. The quantitative estimate of drug-likeness (QED) is 0.595. The van der Waals surface area contributed by atoms with E-state index in [9.17, 15) is 15.5 Å². The lowest BCUT2D eigenvalue weighted by Gasteiger charge is -2.45. The van der Waals surface area contributed by atoms with Gasteiger partial charge in [0.2, 0.25) is 0 Å². The highest BCUT2D eigenvalue weighted by molar-refractivity contribution is 5.58. The van der Waals surface area contributed by atoms with Crippen molar-refractivity contribution in [3.8, 4) is 17.6 Å². The molecule has 0 spiro atoms. The van der Waals surface area contributed by atoms with Gasteiger partial charge in [0.15, 0.2) is 11.2 Å². The lowest BCUT2D eigenvalue weighted by Crippen LogP contribution is -2.58. The normalized spacial score (nSPS) is 35.0. The van der Waals surface area contributed by atoms with Crippen molar-refractivity contribution in [3.05, 3.63) is 77.7 Å². The Labute approximate surface area is 204 Å². The van der Waals surface area contributed by atoms with Crippen molar-refractivity contribution >= 4 is 0 Å². The molecule has 7 heteroatoms. The molecule has 1 aliphatic heterocycles. The molecule has 1 unspecified atom stereocenters. The summed E-state index contributed by atoms with van der Waals surface area (Å²) >= 11 is 0. The van der Waals surface area contributed by atoms with Crippen LogP contribution in [0.3, 0.4) is 0 Å². The fraction of sp³-hybridized carbons (Fsp3) is 0.429. The van der Waals surface area contributed by atoms with Gasteiger partial charge >= 0.3 is 0 Å². The van der Waals surface area contributed by atoms with Crippen LogP contribution in [0.25, 0.3) is 0 Å². The molecule has 0 bridgehead atoms. The number of nitriles is 1. The largest absolute Gasteiger partial charge is 0.495 e. The third kappa shape index (κ3) is 3.10. The molecular weight excluding hydrogens is 442 g/mol. The highest BCUT2D eigenvalue weighted by atomic mass is 16.5. The number of rotatable bonds is 6. The number of ether oxygens (including phenoxy) is 2. The standard InChI is InChI=1S/C28H29N3O4/c1-34-22-15-30-16-23-25(22)27(33)26(32)21(14-31-20-11-12-20)24(18-5-3-2-4-6-18)28(27,35-23)19-9-7-17(13-29)8-10-19/h2-9,15-16,19-21,24,26,31-33H,10-12,14H2,1H3/t19?,21-,24-,26-,27+,28+/m1/s1. The number of hydrogen-bond donors (Lipinski definition) is 3. The van der Waals surface area contributed by atoms with Gasteiger partial charge in [0, 0.05) is 35.9 Å². The zero-order chi connectivity index (χ0) is 24.2. The van der Waals surface area contributed by atoms with Crippen molar-refractivity contribution in [2.45, 2.75) is 48.5 Å². The average molecular weight is 472 g/mol. The van der Waals surface area contributed by atoms with E-state index in [1.165, 1.54) is 7.11 Å². The van der Waals surface area contributed by atoms with Crippen LogP contribution in [0.5, 0.6) is 11.5 Å². The Bertz CT molecular complexity index is 1230. The maximum Gasteiger partial charge on any atom is 0.164 e. The molecule has 180 valence electrons. The summed E-state index contributed by atoms with van der Waals surface area (Å²) in [6.07, 6.45) is 10.4. The van der Waals surface area contributed by atoms with Gasteiger partial charge in [-0.3, -0.25) is 4.98 Å². The first-order valence-electron chi connectivity index (χ1n) is 12.2. The zero-order valence-corrected chi connectivity index (χ0v) is 19.6. The second-order valence-electron chi connectivity index (χ2n) is 10.0. The Morgan fingerprint density at radius 2 is 2.06 bits per heavy atom. The van der Waals surface area contributed by atoms with Crippen LogP contribution < -0.4 is 14.8 Å². The minimum absolute atomic E-state index is 0.299. The van der Waals surface area contributed by atoms with Crippen LogP contribution in [-0.4, -0.2) is 46.6 Å². The smallest absolute Gasteiger partial charge is 0.164 e. The highest BCUT2D eigenvalue weighted by Crippen LogP contribution is 2.68. The minimum atomic E-state index is -1.75. The van der Waals surface area contributed by atoms with Crippen molar-refractivity contribution in [2.75, 3.05) is 13.7 Å². The number of hydrogen-bond acceptors (Lipinski definition) is 7. The topological polar surface area (TPSA) is 108 Å². The Balaban J connectivity index is 1.57. The maximum absolute atomic E-state index is 12.7. The Hall–Kier alpha value is -3.18. The van der Waals surface area contributed by atoms with Gasteiger partial charge in [0.25, 0.3) is 0 Å². The summed E-state index contributed by atoms with van der Waals surface area (Å²) in [6.45, 7) is 0.553. The van der Waals surface area contributed by atoms with Crippen molar-refractivity contribution in [2.24, 2.45) is 11.8 Å². The summed E-state index contributed by atoms with van der Waals surface area (Å²) in [5, 5.41) is 37.7. The minimum Gasteiger partial charge on any atom is -0.495 e. The number of nitrogens with one attached hydrogen (secondary N) is 1. The van der Waals surface area contributed by atoms with Crippen LogP contribution in [0.15, 0.2) is 66.5 Å². The second kappa shape index (κ2) is 8.20. The monoisotopic (exact) mass is 471 g/mol. The van der Waals surface area contributed by atoms with E-state index in [0.29, 0.717) is 41.6 Å². The van der Waals surface area contributed by atoms with Gasteiger partial charge in [0.1, 0.15) is 11.5 Å². The lowest BCUT2D eigenvalue weighted by molar-refractivity contribution is -0.163. The third-order valence-electron chi connectivity index (χ3n) is 8.23. The van der Waals surface area contributed by atoms with Gasteiger partial charge in [-0.15, -0.1) is 0 Å². The number of fused-ring (bicyclic) bond motifs is 3. The van der Waals surface area contributed by atoms with E-state index in [4.69, 9.17) is 9.47 Å².